The van der Waals surface area contributed by atoms with Gasteiger partial charge in [0.2, 0.25) is 5.91 Å². The predicted molar refractivity (Wildman–Crippen MR) is 256 cm³/mol. The maximum absolute atomic E-state index is 13.4. The van der Waals surface area contributed by atoms with Crippen LogP contribution in [-0.2, 0) is 50.5 Å². The molecule has 0 saturated carbocycles. The molecule has 0 saturated heterocycles. The van der Waals surface area contributed by atoms with E-state index in [0.717, 1.165) is 44.7 Å². The lowest BCUT2D eigenvalue weighted by molar-refractivity contribution is -0.114. The van der Waals surface area contributed by atoms with Crippen molar-refractivity contribution >= 4 is 82.2 Å². The fourth-order valence-electron chi connectivity index (χ4n) is 6.98. The zero-order valence-corrected chi connectivity index (χ0v) is 38.4. The maximum Gasteiger partial charge on any atom is 0.335 e. The SMILES string of the molecule is CC(=O)Nc1nc(C)c(S(=O)(=O)Nc2ccccc2CCc2ccc(C(=O)O)cc2)s1.CN(C)c1cccc2c(S(=O)(=O)Nc3ccccc3CCc3ccc(C(=O)O)cc3)cccc12. The summed E-state index contributed by atoms with van der Waals surface area (Å²) in [6.07, 6.45) is 2.43. The van der Waals surface area contributed by atoms with Gasteiger partial charge in [-0.3, -0.25) is 14.2 Å². The molecule has 0 radical (unpaired) electrons. The van der Waals surface area contributed by atoms with Crippen LogP contribution in [0, 0.1) is 6.92 Å². The molecule has 1 aromatic heterocycles. The third-order valence-corrected chi connectivity index (χ3v) is 14.7. The van der Waals surface area contributed by atoms with Crippen LogP contribution in [0.2, 0.25) is 0 Å². The van der Waals surface area contributed by atoms with Crippen molar-refractivity contribution in [1.29, 1.82) is 0 Å². The van der Waals surface area contributed by atoms with E-state index in [1.807, 2.05) is 67.5 Å². The number of aryl methyl sites for hydroxylation is 5. The molecule has 0 spiro atoms. The topological polar surface area (TPSA) is 212 Å². The van der Waals surface area contributed by atoms with Gasteiger partial charge < -0.3 is 20.4 Å². The van der Waals surface area contributed by atoms with E-state index in [0.29, 0.717) is 48.1 Å². The van der Waals surface area contributed by atoms with Gasteiger partial charge in [0, 0.05) is 37.5 Å². The summed E-state index contributed by atoms with van der Waals surface area (Å²) in [5.41, 5.74) is 6.29. The van der Waals surface area contributed by atoms with Crippen LogP contribution >= 0.6 is 11.3 Å². The first-order chi connectivity index (χ1) is 30.9. The summed E-state index contributed by atoms with van der Waals surface area (Å²) in [7, 11) is -3.87. The summed E-state index contributed by atoms with van der Waals surface area (Å²) in [5, 5.41) is 22.3. The number of sulfonamides is 2. The molecular formula is C48H47N5O9S3. The number of nitrogens with one attached hydrogen (secondary N) is 3. The quantitative estimate of drug-likeness (QED) is 0.0617. The van der Waals surface area contributed by atoms with E-state index in [4.69, 9.17) is 10.2 Å². The van der Waals surface area contributed by atoms with Gasteiger partial charge in [-0.15, -0.1) is 0 Å². The number of carboxylic acids is 2. The number of rotatable bonds is 16. The number of para-hydroxylation sites is 2. The minimum atomic E-state index is -3.89. The average molecular weight is 934 g/mol. The second-order valence-electron chi connectivity index (χ2n) is 15.1. The van der Waals surface area contributed by atoms with Gasteiger partial charge in [0.15, 0.2) is 9.34 Å². The molecule has 14 nitrogen and oxygen atoms in total. The Labute approximate surface area is 381 Å². The molecule has 5 N–H and O–H groups in total. The van der Waals surface area contributed by atoms with Crippen LogP contribution in [0.3, 0.4) is 0 Å². The number of hydrogen-bond acceptors (Lipinski definition) is 10. The van der Waals surface area contributed by atoms with Crippen molar-refractivity contribution in [3.05, 3.63) is 173 Å². The highest BCUT2D eigenvalue weighted by atomic mass is 32.2. The van der Waals surface area contributed by atoms with Crippen LogP contribution in [0.25, 0.3) is 10.8 Å². The van der Waals surface area contributed by atoms with E-state index in [1.54, 1.807) is 91.9 Å². The summed E-state index contributed by atoms with van der Waals surface area (Å²) in [6, 6.07) is 38.7. The second kappa shape index (κ2) is 20.6. The Morgan fingerprint density at radius 2 is 1.08 bits per heavy atom. The van der Waals surface area contributed by atoms with Gasteiger partial charge >= 0.3 is 11.9 Å². The molecule has 0 fully saturated rings. The van der Waals surface area contributed by atoms with Crippen LogP contribution in [-0.4, -0.2) is 64.0 Å². The summed E-state index contributed by atoms with van der Waals surface area (Å²) in [6.45, 7) is 2.90. The highest BCUT2D eigenvalue weighted by Gasteiger charge is 2.24. The molecule has 6 aromatic carbocycles. The summed E-state index contributed by atoms with van der Waals surface area (Å²) < 4.78 is 58.2. The normalized spacial score (nSPS) is 11.3. The molecule has 65 heavy (non-hydrogen) atoms. The number of aromatic nitrogens is 1. The zero-order chi connectivity index (χ0) is 46.9. The molecule has 7 rings (SSSR count). The van der Waals surface area contributed by atoms with Crippen molar-refractivity contribution in [3.8, 4) is 0 Å². The number of nitrogens with zero attached hydrogens (tertiary/aromatic N) is 2. The number of thiazole rings is 1. The van der Waals surface area contributed by atoms with Gasteiger partial charge in [-0.05, 0) is 103 Å². The second-order valence-corrected chi connectivity index (χ2v) is 19.7. The number of aromatic carboxylic acids is 2. The lowest BCUT2D eigenvalue weighted by Gasteiger charge is -2.18. The first-order valence-electron chi connectivity index (χ1n) is 20.2. The Kier molecular flexibility index (Phi) is 15.0. The largest absolute Gasteiger partial charge is 0.478 e. The van der Waals surface area contributed by atoms with Gasteiger partial charge in [-0.2, -0.15) is 0 Å². The van der Waals surface area contributed by atoms with Crippen LogP contribution in [0.5, 0.6) is 0 Å². The fourth-order valence-corrected chi connectivity index (χ4v) is 10.9. The lowest BCUT2D eigenvalue weighted by Crippen LogP contribution is -2.15. The number of carboxylic acid groups (broad SMARTS) is 2. The van der Waals surface area contributed by atoms with E-state index >= 15 is 0 Å². The Morgan fingerprint density at radius 3 is 1.57 bits per heavy atom. The summed E-state index contributed by atoms with van der Waals surface area (Å²) >= 11 is 0.892. The first kappa shape index (κ1) is 47.4. The molecule has 0 unspecified atom stereocenters. The maximum atomic E-state index is 13.4. The molecule has 1 amide bonds. The molecule has 1 heterocycles. The number of carbonyl (C=O) groups is 3. The molecular weight excluding hydrogens is 887 g/mol. The molecule has 17 heteroatoms. The van der Waals surface area contributed by atoms with Crippen molar-refractivity contribution in [3.63, 3.8) is 0 Å². The number of anilines is 4. The van der Waals surface area contributed by atoms with Gasteiger partial charge in [0.25, 0.3) is 20.0 Å². The minimum Gasteiger partial charge on any atom is -0.478 e. The molecule has 0 bridgehead atoms. The van der Waals surface area contributed by atoms with Gasteiger partial charge in [0.1, 0.15) is 0 Å². The number of benzene rings is 6. The lowest BCUT2D eigenvalue weighted by atomic mass is 10.0. The number of carbonyl (C=O) groups excluding carboxylic acids is 1. The van der Waals surface area contributed by atoms with E-state index < -0.39 is 32.0 Å². The minimum absolute atomic E-state index is 0.0373. The number of amides is 1. The molecule has 0 atom stereocenters. The highest BCUT2D eigenvalue weighted by Crippen LogP contribution is 2.33. The van der Waals surface area contributed by atoms with Crippen LogP contribution in [0.4, 0.5) is 22.2 Å². The molecule has 7 aromatic rings. The average Bonchev–Trinajstić information content (AvgIpc) is 3.65. The van der Waals surface area contributed by atoms with E-state index in [2.05, 4.69) is 19.7 Å². The van der Waals surface area contributed by atoms with Crippen LogP contribution in [0.1, 0.15) is 55.6 Å². The Bertz CT molecular complexity index is 3080. The Hall–Kier alpha value is -7.08. The number of hydrogen-bond donors (Lipinski definition) is 5. The van der Waals surface area contributed by atoms with Gasteiger partial charge in [-0.25, -0.2) is 31.4 Å². The Balaban J connectivity index is 0.000000216. The van der Waals surface area contributed by atoms with E-state index in [1.165, 1.54) is 6.92 Å². The van der Waals surface area contributed by atoms with Crippen molar-refractivity contribution in [2.24, 2.45) is 0 Å². The standard InChI is InChI=1S/C27H26N2O4S.C21H21N3O5S2/c1-29(2)25-11-5-9-23-22(25)8-6-12-26(23)34(32,33)28-24-10-4-3-7-20(24)16-13-19-14-17-21(18-15-19)27(30)31;1-13-20(30-21(22-13)23-14(2)25)31(28,29)24-18-6-4-3-5-16(18)10-7-15-8-11-17(12-9-15)19(26)27/h3-12,14-15,17-18,28H,13,16H2,1-2H3,(H,30,31);3-6,8-9,11-12,24H,7,10H2,1-2H3,(H,26,27)(H,22,23,25). The van der Waals surface area contributed by atoms with E-state index in [9.17, 15) is 31.2 Å². The van der Waals surface area contributed by atoms with Crippen LogP contribution in [0.15, 0.2) is 143 Å². The van der Waals surface area contributed by atoms with Crippen molar-refractivity contribution in [2.75, 3.05) is 33.8 Å². The highest BCUT2D eigenvalue weighted by molar-refractivity contribution is 7.94. The number of fused-ring (bicyclic) bond motifs is 1. The predicted octanol–water partition coefficient (Wildman–Crippen LogP) is 8.88. The monoisotopic (exact) mass is 933 g/mol. The third kappa shape index (κ3) is 12.1. The fraction of sp³-hybridized carbons (Fsp3) is 0.167. The molecule has 336 valence electrons. The van der Waals surface area contributed by atoms with Crippen molar-refractivity contribution < 1.29 is 41.4 Å². The van der Waals surface area contributed by atoms with Crippen LogP contribution < -0.4 is 19.7 Å². The van der Waals surface area contributed by atoms with E-state index in [-0.39, 0.29) is 31.3 Å². The van der Waals surface area contributed by atoms with Gasteiger partial charge in [-0.1, -0.05) is 96.3 Å². The third-order valence-electron chi connectivity index (χ3n) is 10.2. The Morgan fingerprint density at radius 1 is 0.600 bits per heavy atom. The summed E-state index contributed by atoms with van der Waals surface area (Å²) in [4.78, 5) is 39.5. The molecule has 0 aliphatic carbocycles. The first-order valence-corrected chi connectivity index (χ1v) is 24.0. The smallest absolute Gasteiger partial charge is 0.335 e. The molecule has 0 aliphatic heterocycles. The zero-order valence-electron chi connectivity index (χ0n) is 35.9. The molecule has 0 aliphatic rings. The van der Waals surface area contributed by atoms with Crippen molar-refractivity contribution in [1.82, 2.24) is 4.98 Å². The summed E-state index contributed by atoms with van der Waals surface area (Å²) in [5.74, 6) is -2.27. The van der Waals surface area contributed by atoms with Gasteiger partial charge in [0.05, 0.1) is 33.1 Å². The van der Waals surface area contributed by atoms with Crippen molar-refractivity contribution in [2.45, 2.75) is 48.6 Å².